The van der Waals surface area contributed by atoms with Crippen LogP contribution in [-0.2, 0) is 6.54 Å². The lowest BCUT2D eigenvalue weighted by molar-refractivity contribution is 0.167. The van der Waals surface area contributed by atoms with E-state index >= 15 is 4.39 Å². The standard InChI is InChI=1S/C26H20ClF2N3O5/c1-34-22-12-19-23(25-24(22)35-8-9-36-25)20(6-7-30-19)37-21-10-16(27)18(11-17(21)29)32-26(33)31-13-14-2-4-15(28)5-3-14/h2-7,10-12H,8-9,13H2,1H3,(H2,31,32,33). The lowest BCUT2D eigenvalue weighted by atomic mass is 10.1. The number of urea groups is 1. The molecule has 11 heteroatoms. The van der Waals surface area contributed by atoms with Gasteiger partial charge < -0.3 is 29.6 Å². The highest BCUT2D eigenvalue weighted by atomic mass is 35.5. The summed E-state index contributed by atoms with van der Waals surface area (Å²) >= 11 is 6.32. The third-order valence-electron chi connectivity index (χ3n) is 5.52. The molecule has 3 aromatic carbocycles. The first-order valence-corrected chi connectivity index (χ1v) is 11.5. The van der Waals surface area contributed by atoms with Crippen molar-refractivity contribution in [2.45, 2.75) is 6.54 Å². The predicted molar refractivity (Wildman–Crippen MR) is 133 cm³/mol. The zero-order valence-corrected chi connectivity index (χ0v) is 20.2. The first kappa shape index (κ1) is 24.4. The fourth-order valence-electron chi connectivity index (χ4n) is 3.78. The predicted octanol–water partition coefficient (Wildman–Crippen LogP) is 6.06. The summed E-state index contributed by atoms with van der Waals surface area (Å²) in [6.45, 7) is 0.804. The lowest BCUT2D eigenvalue weighted by Gasteiger charge is -2.23. The van der Waals surface area contributed by atoms with Crippen LogP contribution in [0.1, 0.15) is 5.56 Å². The van der Waals surface area contributed by atoms with Crippen LogP contribution < -0.4 is 29.6 Å². The summed E-state index contributed by atoms with van der Waals surface area (Å²) in [5, 5.41) is 5.63. The van der Waals surface area contributed by atoms with Crippen LogP contribution in [0.3, 0.4) is 0 Å². The second-order valence-electron chi connectivity index (χ2n) is 7.94. The molecule has 0 fully saturated rings. The zero-order chi connectivity index (χ0) is 25.9. The van der Waals surface area contributed by atoms with Crippen molar-refractivity contribution in [3.8, 4) is 28.7 Å². The molecule has 8 nitrogen and oxygen atoms in total. The van der Waals surface area contributed by atoms with E-state index in [1.165, 1.54) is 31.5 Å². The molecule has 0 saturated carbocycles. The van der Waals surface area contributed by atoms with Crippen molar-refractivity contribution in [3.05, 3.63) is 76.9 Å². The minimum atomic E-state index is -0.761. The molecule has 2 N–H and O–H groups in total. The molecule has 0 bridgehead atoms. The van der Waals surface area contributed by atoms with Gasteiger partial charge in [0.05, 0.1) is 28.7 Å². The van der Waals surface area contributed by atoms with E-state index in [1.54, 1.807) is 24.3 Å². The van der Waals surface area contributed by atoms with Gasteiger partial charge in [-0.1, -0.05) is 23.7 Å². The number of carbonyl (C=O) groups is 1. The number of amides is 2. The van der Waals surface area contributed by atoms with E-state index in [9.17, 15) is 9.18 Å². The van der Waals surface area contributed by atoms with Crippen LogP contribution in [0.5, 0.6) is 28.7 Å². The molecule has 0 radical (unpaired) electrons. The molecule has 190 valence electrons. The average Bonchev–Trinajstić information content (AvgIpc) is 2.90. The van der Waals surface area contributed by atoms with Gasteiger partial charge in [0.1, 0.15) is 24.8 Å². The van der Waals surface area contributed by atoms with Crippen LogP contribution in [0, 0.1) is 11.6 Å². The largest absolute Gasteiger partial charge is 0.493 e. The Balaban J connectivity index is 1.37. The van der Waals surface area contributed by atoms with Crippen LogP contribution in [-0.4, -0.2) is 31.3 Å². The number of pyridine rings is 1. The number of halogens is 3. The normalized spacial score (nSPS) is 12.2. The van der Waals surface area contributed by atoms with Crippen molar-refractivity contribution < 1.29 is 32.5 Å². The Labute approximate surface area is 215 Å². The quantitative estimate of drug-likeness (QED) is 0.317. The van der Waals surface area contributed by atoms with Crippen molar-refractivity contribution in [3.63, 3.8) is 0 Å². The SMILES string of the molecule is COc1cc2nccc(Oc3cc(Cl)c(NC(=O)NCc4ccc(F)cc4)cc3F)c2c2c1OCCO2. The number of hydrogen-bond acceptors (Lipinski definition) is 6. The highest BCUT2D eigenvalue weighted by molar-refractivity contribution is 6.33. The molecule has 4 aromatic rings. The van der Waals surface area contributed by atoms with Gasteiger partial charge in [0.15, 0.2) is 23.1 Å². The summed E-state index contributed by atoms with van der Waals surface area (Å²) in [5.74, 6) is 0.197. The van der Waals surface area contributed by atoms with E-state index in [0.717, 1.165) is 6.07 Å². The Morgan fingerprint density at radius 2 is 1.78 bits per heavy atom. The van der Waals surface area contributed by atoms with Crippen molar-refractivity contribution in [1.82, 2.24) is 10.3 Å². The van der Waals surface area contributed by atoms with Crippen LogP contribution in [0.4, 0.5) is 19.3 Å². The maximum Gasteiger partial charge on any atom is 0.319 e. The lowest BCUT2D eigenvalue weighted by Crippen LogP contribution is -2.28. The van der Waals surface area contributed by atoms with Crippen molar-refractivity contribution >= 4 is 34.2 Å². The number of fused-ring (bicyclic) bond motifs is 3. The van der Waals surface area contributed by atoms with Gasteiger partial charge in [0, 0.05) is 30.9 Å². The topological polar surface area (TPSA) is 90.9 Å². The van der Waals surface area contributed by atoms with Gasteiger partial charge in [0.25, 0.3) is 0 Å². The highest BCUT2D eigenvalue weighted by Gasteiger charge is 2.25. The summed E-state index contributed by atoms with van der Waals surface area (Å²) in [6.07, 6.45) is 1.51. The van der Waals surface area contributed by atoms with Crippen molar-refractivity contribution in [2.75, 3.05) is 25.6 Å². The fourth-order valence-corrected chi connectivity index (χ4v) is 3.98. The first-order chi connectivity index (χ1) is 17.9. The average molecular weight is 528 g/mol. The third kappa shape index (κ3) is 5.14. The van der Waals surface area contributed by atoms with Gasteiger partial charge in [-0.2, -0.15) is 0 Å². The van der Waals surface area contributed by atoms with Gasteiger partial charge >= 0.3 is 6.03 Å². The highest BCUT2D eigenvalue weighted by Crippen LogP contribution is 2.48. The first-order valence-electron chi connectivity index (χ1n) is 11.1. The Kier molecular flexibility index (Phi) is 6.82. The Hall–Kier alpha value is -4.31. The third-order valence-corrected chi connectivity index (χ3v) is 5.83. The number of ether oxygens (including phenoxy) is 4. The molecule has 0 unspecified atom stereocenters. The summed E-state index contributed by atoms with van der Waals surface area (Å²) in [4.78, 5) is 16.6. The molecule has 1 aliphatic heterocycles. The van der Waals surface area contributed by atoms with Gasteiger partial charge in [-0.05, 0) is 23.8 Å². The van der Waals surface area contributed by atoms with Gasteiger partial charge in [0.2, 0.25) is 5.75 Å². The molecular formula is C26H20ClF2N3O5. The van der Waals surface area contributed by atoms with Crippen LogP contribution in [0.15, 0.2) is 54.7 Å². The Bertz CT molecular complexity index is 1480. The van der Waals surface area contributed by atoms with Crippen LogP contribution in [0.25, 0.3) is 10.9 Å². The number of aromatic nitrogens is 1. The summed E-state index contributed by atoms with van der Waals surface area (Å²) in [7, 11) is 1.51. The number of nitrogens with zero attached hydrogens (tertiary/aromatic N) is 1. The van der Waals surface area contributed by atoms with Crippen LogP contribution >= 0.6 is 11.6 Å². The molecule has 5 rings (SSSR count). The fraction of sp³-hybridized carbons (Fsp3) is 0.154. The van der Waals surface area contributed by atoms with E-state index < -0.39 is 11.8 Å². The number of methoxy groups -OCH3 is 1. The Morgan fingerprint density at radius 3 is 2.54 bits per heavy atom. The van der Waals surface area contributed by atoms with E-state index in [2.05, 4.69) is 15.6 Å². The zero-order valence-electron chi connectivity index (χ0n) is 19.4. The number of rotatable bonds is 6. The number of hydrogen-bond donors (Lipinski definition) is 2. The van der Waals surface area contributed by atoms with E-state index in [4.69, 9.17) is 30.5 Å². The van der Waals surface area contributed by atoms with Crippen molar-refractivity contribution in [1.29, 1.82) is 0 Å². The number of benzene rings is 3. The van der Waals surface area contributed by atoms with Crippen LogP contribution in [0.2, 0.25) is 5.02 Å². The molecular weight excluding hydrogens is 508 g/mol. The van der Waals surface area contributed by atoms with Gasteiger partial charge in [-0.15, -0.1) is 0 Å². The minimum absolute atomic E-state index is 0.0431. The second kappa shape index (κ2) is 10.4. The van der Waals surface area contributed by atoms with Crippen molar-refractivity contribution in [2.24, 2.45) is 0 Å². The maximum absolute atomic E-state index is 15.0. The molecule has 2 heterocycles. The molecule has 0 aliphatic carbocycles. The Morgan fingerprint density at radius 1 is 1.03 bits per heavy atom. The van der Waals surface area contributed by atoms with Gasteiger partial charge in [-0.3, -0.25) is 4.98 Å². The molecule has 37 heavy (non-hydrogen) atoms. The smallest absolute Gasteiger partial charge is 0.319 e. The second-order valence-corrected chi connectivity index (χ2v) is 8.34. The monoisotopic (exact) mass is 527 g/mol. The van der Waals surface area contributed by atoms with E-state index in [-0.39, 0.29) is 34.6 Å². The molecule has 2 amide bonds. The number of nitrogens with one attached hydrogen (secondary N) is 2. The molecule has 0 saturated heterocycles. The summed E-state index contributed by atoms with van der Waals surface area (Å²) < 4.78 is 50.9. The molecule has 1 aliphatic rings. The summed E-state index contributed by atoms with van der Waals surface area (Å²) in [6, 6.07) is 10.6. The molecule has 1 aromatic heterocycles. The summed E-state index contributed by atoms with van der Waals surface area (Å²) in [5.41, 5.74) is 1.24. The van der Waals surface area contributed by atoms with E-state index in [1.807, 2.05) is 0 Å². The minimum Gasteiger partial charge on any atom is -0.493 e. The number of anilines is 1. The number of carbonyl (C=O) groups excluding carboxylic acids is 1. The molecule has 0 spiro atoms. The molecule has 0 atom stereocenters. The maximum atomic E-state index is 15.0. The van der Waals surface area contributed by atoms with E-state index in [0.29, 0.717) is 46.9 Å². The van der Waals surface area contributed by atoms with Gasteiger partial charge in [-0.25, -0.2) is 13.6 Å².